The van der Waals surface area contributed by atoms with Crippen LogP contribution in [0.5, 0.6) is 0 Å². The van der Waals surface area contributed by atoms with Crippen LogP contribution in [-0.4, -0.2) is 26.9 Å². The molecular formula is C22H21N3OS. The molecule has 0 saturated carbocycles. The van der Waals surface area contributed by atoms with E-state index in [-0.39, 0.29) is 18.0 Å². The molecule has 2 aliphatic heterocycles. The molecule has 0 radical (unpaired) electrons. The van der Waals surface area contributed by atoms with Gasteiger partial charge in [-0.05, 0) is 41.9 Å². The van der Waals surface area contributed by atoms with Crippen LogP contribution < -0.4 is 4.90 Å². The maximum Gasteiger partial charge on any atom is 0.256 e. The van der Waals surface area contributed by atoms with Crippen LogP contribution in [0.1, 0.15) is 31.1 Å². The number of aromatic nitrogens is 1. The molecule has 2 atom stereocenters. The van der Waals surface area contributed by atoms with Crippen LogP contribution in [0.15, 0.2) is 54.6 Å². The zero-order valence-corrected chi connectivity index (χ0v) is 16.2. The van der Waals surface area contributed by atoms with E-state index in [1.54, 1.807) is 4.90 Å². The number of fused-ring (bicyclic) bond motifs is 4. The van der Waals surface area contributed by atoms with Gasteiger partial charge in [0.15, 0.2) is 5.11 Å². The Morgan fingerprint density at radius 3 is 2.52 bits per heavy atom. The lowest BCUT2D eigenvalue weighted by molar-refractivity contribution is -0.120. The molecule has 0 bridgehead atoms. The molecule has 0 aliphatic carbocycles. The van der Waals surface area contributed by atoms with Gasteiger partial charge in [-0.2, -0.15) is 0 Å². The summed E-state index contributed by atoms with van der Waals surface area (Å²) in [5.74, 6) is 0.397. The van der Waals surface area contributed by atoms with Gasteiger partial charge in [0.25, 0.3) is 5.91 Å². The zero-order chi connectivity index (χ0) is 18.7. The first-order valence-electron chi connectivity index (χ1n) is 9.38. The molecule has 4 nitrogen and oxygen atoms in total. The third kappa shape index (κ3) is 2.28. The van der Waals surface area contributed by atoms with Crippen molar-refractivity contribution < 1.29 is 4.79 Å². The van der Waals surface area contributed by atoms with E-state index in [0.717, 1.165) is 11.2 Å². The first-order valence-corrected chi connectivity index (χ1v) is 9.79. The maximum absolute atomic E-state index is 13.4. The minimum Gasteiger partial charge on any atom is -0.356 e. The molecule has 0 unspecified atom stereocenters. The molecule has 1 aromatic heterocycles. The smallest absolute Gasteiger partial charge is 0.256 e. The number of carbonyl (C=O) groups excluding carboxylic acids is 1. The fraction of sp³-hybridized carbons (Fsp3) is 0.273. The molecule has 1 fully saturated rings. The van der Waals surface area contributed by atoms with Gasteiger partial charge in [0.2, 0.25) is 0 Å². The highest BCUT2D eigenvalue weighted by atomic mass is 32.1. The van der Waals surface area contributed by atoms with Crippen molar-refractivity contribution in [3.63, 3.8) is 0 Å². The lowest BCUT2D eigenvalue weighted by Crippen LogP contribution is -2.45. The summed E-state index contributed by atoms with van der Waals surface area (Å²) < 4.78 is 0. The molecule has 2 aromatic carbocycles. The van der Waals surface area contributed by atoms with Crippen molar-refractivity contribution in [2.45, 2.75) is 32.4 Å². The summed E-state index contributed by atoms with van der Waals surface area (Å²) in [6.45, 7) is 4.39. The molecule has 1 N–H and O–H groups in total. The molecule has 3 aromatic rings. The van der Waals surface area contributed by atoms with E-state index in [0.29, 0.717) is 17.5 Å². The number of para-hydroxylation sites is 2. The number of anilines is 1. The molecule has 27 heavy (non-hydrogen) atoms. The molecule has 3 heterocycles. The minimum atomic E-state index is -0.239. The highest BCUT2D eigenvalue weighted by molar-refractivity contribution is 7.80. The highest BCUT2D eigenvalue weighted by Gasteiger charge is 2.51. The summed E-state index contributed by atoms with van der Waals surface area (Å²) >= 11 is 5.82. The summed E-state index contributed by atoms with van der Waals surface area (Å²) in [6, 6.07) is 17.9. The number of hydrogen-bond acceptors (Lipinski definition) is 2. The summed E-state index contributed by atoms with van der Waals surface area (Å²) in [5, 5.41) is 1.83. The van der Waals surface area contributed by atoms with Crippen molar-refractivity contribution in [3.05, 3.63) is 65.9 Å². The van der Waals surface area contributed by atoms with Gasteiger partial charge >= 0.3 is 0 Å². The predicted molar refractivity (Wildman–Crippen MR) is 112 cm³/mol. The van der Waals surface area contributed by atoms with Gasteiger partial charge < -0.3 is 9.88 Å². The summed E-state index contributed by atoms with van der Waals surface area (Å²) in [6.07, 6.45) is 0.685. The lowest BCUT2D eigenvalue weighted by Gasteiger charge is -2.39. The van der Waals surface area contributed by atoms with E-state index in [2.05, 4.69) is 41.9 Å². The van der Waals surface area contributed by atoms with Gasteiger partial charge in [-0.1, -0.05) is 50.2 Å². The van der Waals surface area contributed by atoms with Gasteiger partial charge in [-0.25, -0.2) is 0 Å². The number of benzene rings is 2. The van der Waals surface area contributed by atoms with Crippen molar-refractivity contribution >= 4 is 39.8 Å². The van der Waals surface area contributed by atoms with Gasteiger partial charge in [0, 0.05) is 23.0 Å². The normalized spacial score (nSPS) is 21.9. The van der Waals surface area contributed by atoms with Gasteiger partial charge in [0.1, 0.15) is 6.04 Å². The van der Waals surface area contributed by atoms with Crippen LogP contribution in [-0.2, 0) is 11.2 Å². The molecular weight excluding hydrogens is 354 g/mol. The van der Waals surface area contributed by atoms with Crippen molar-refractivity contribution in [1.29, 1.82) is 0 Å². The molecule has 136 valence electrons. The lowest BCUT2D eigenvalue weighted by atomic mass is 9.87. The van der Waals surface area contributed by atoms with E-state index in [1.807, 2.05) is 36.4 Å². The first-order chi connectivity index (χ1) is 13.1. The number of amides is 1. The molecule has 5 rings (SSSR count). The van der Waals surface area contributed by atoms with Crippen LogP contribution in [0.25, 0.3) is 10.9 Å². The average Bonchev–Trinajstić information content (AvgIpc) is 3.16. The van der Waals surface area contributed by atoms with E-state index in [1.165, 1.54) is 16.6 Å². The second kappa shape index (κ2) is 5.92. The van der Waals surface area contributed by atoms with Gasteiger partial charge in [-0.3, -0.25) is 9.69 Å². The van der Waals surface area contributed by atoms with Gasteiger partial charge in [0.05, 0.1) is 11.7 Å². The Kier molecular flexibility index (Phi) is 3.62. The molecule has 0 spiro atoms. The highest BCUT2D eigenvalue weighted by Crippen LogP contribution is 2.44. The standard InChI is InChI=1S/C22H21N3OS/c1-13(2)20-19-16(15-10-6-7-11-17(15)23-19)12-18-21(26)24(22(27)25(18)20)14-8-4-3-5-9-14/h3-11,13,18,20,23H,12H2,1-2H3/t18-,20-/m1/s1. The largest absolute Gasteiger partial charge is 0.356 e. The van der Waals surface area contributed by atoms with E-state index < -0.39 is 0 Å². The molecule has 5 heteroatoms. The number of thiocarbonyl (C=S) groups is 1. The monoisotopic (exact) mass is 375 g/mol. The van der Waals surface area contributed by atoms with Crippen molar-refractivity contribution in [2.75, 3.05) is 4.90 Å². The van der Waals surface area contributed by atoms with Crippen molar-refractivity contribution in [1.82, 2.24) is 9.88 Å². The number of nitrogens with one attached hydrogen (secondary N) is 1. The number of hydrogen-bond donors (Lipinski definition) is 1. The fourth-order valence-electron chi connectivity index (χ4n) is 4.60. The predicted octanol–water partition coefficient (Wildman–Crippen LogP) is 4.42. The first kappa shape index (κ1) is 16.5. The van der Waals surface area contributed by atoms with Crippen LogP contribution in [0, 0.1) is 5.92 Å². The molecule has 1 saturated heterocycles. The Balaban J connectivity index is 1.66. The van der Waals surface area contributed by atoms with Gasteiger partial charge in [-0.15, -0.1) is 0 Å². The van der Waals surface area contributed by atoms with E-state index in [4.69, 9.17) is 12.2 Å². The molecule has 1 amide bonds. The Hall–Kier alpha value is -2.66. The number of aromatic amines is 1. The second-order valence-electron chi connectivity index (χ2n) is 7.67. The Morgan fingerprint density at radius 1 is 1.07 bits per heavy atom. The number of H-pyrrole nitrogens is 1. The minimum absolute atomic E-state index is 0.0660. The fourth-order valence-corrected chi connectivity index (χ4v) is 5.04. The summed E-state index contributed by atoms with van der Waals surface area (Å²) in [4.78, 5) is 20.9. The summed E-state index contributed by atoms with van der Waals surface area (Å²) in [7, 11) is 0. The quantitative estimate of drug-likeness (QED) is 0.674. The van der Waals surface area contributed by atoms with Crippen LogP contribution >= 0.6 is 12.2 Å². The number of rotatable bonds is 2. The zero-order valence-electron chi connectivity index (χ0n) is 15.3. The third-order valence-electron chi connectivity index (χ3n) is 5.74. The van der Waals surface area contributed by atoms with Crippen LogP contribution in [0.4, 0.5) is 5.69 Å². The second-order valence-corrected chi connectivity index (χ2v) is 8.04. The van der Waals surface area contributed by atoms with E-state index in [9.17, 15) is 4.79 Å². The number of carbonyl (C=O) groups is 1. The van der Waals surface area contributed by atoms with E-state index >= 15 is 0 Å². The Bertz CT molecular complexity index is 1060. The maximum atomic E-state index is 13.4. The topological polar surface area (TPSA) is 39.3 Å². The van der Waals surface area contributed by atoms with Crippen LogP contribution in [0.3, 0.4) is 0 Å². The average molecular weight is 375 g/mol. The Labute approximate surface area is 163 Å². The Morgan fingerprint density at radius 2 is 1.78 bits per heavy atom. The SMILES string of the molecule is CC(C)[C@@H]1c2[nH]c3ccccc3c2C[C@@H]2C(=O)N(c3ccccc3)C(=S)N21. The summed E-state index contributed by atoms with van der Waals surface area (Å²) in [5.41, 5.74) is 4.44. The molecule has 2 aliphatic rings. The number of nitrogens with zero attached hydrogens (tertiary/aromatic N) is 2. The van der Waals surface area contributed by atoms with Crippen molar-refractivity contribution in [2.24, 2.45) is 5.92 Å². The van der Waals surface area contributed by atoms with Crippen LogP contribution in [0.2, 0.25) is 0 Å². The van der Waals surface area contributed by atoms with Crippen molar-refractivity contribution in [3.8, 4) is 0 Å². The third-order valence-corrected chi connectivity index (χ3v) is 6.13.